The molecule has 0 fully saturated rings. The van der Waals surface area contributed by atoms with Crippen molar-refractivity contribution in [1.82, 2.24) is 4.31 Å². The molecule has 1 aromatic carbocycles. The van der Waals surface area contributed by atoms with E-state index in [0.29, 0.717) is 5.56 Å². The molecule has 0 aromatic heterocycles. The number of nitro groups is 1. The lowest BCUT2D eigenvalue weighted by Crippen LogP contribution is -2.30. The van der Waals surface area contributed by atoms with Crippen LogP contribution in [0.2, 0.25) is 0 Å². The Morgan fingerprint density at radius 2 is 1.95 bits per heavy atom. The van der Waals surface area contributed by atoms with Crippen molar-refractivity contribution in [2.45, 2.75) is 25.2 Å². The second-order valence-corrected chi connectivity index (χ2v) is 6.65. The highest BCUT2D eigenvalue weighted by Crippen LogP contribution is 2.28. The molecule has 0 radical (unpaired) electrons. The van der Waals surface area contributed by atoms with Crippen molar-refractivity contribution >= 4 is 21.7 Å². The van der Waals surface area contributed by atoms with E-state index in [1.807, 2.05) is 0 Å². The lowest BCUT2D eigenvalue weighted by molar-refractivity contribution is -0.385. The van der Waals surface area contributed by atoms with Crippen LogP contribution in [-0.2, 0) is 14.8 Å². The number of hydrogen-bond acceptors (Lipinski definition) is 5. The zero-order valence-corrected chi connectivity index (χ0v) is 12.7. The second kappa shape index (κ2) is 6.19. The van der Waals surface area contributed by atoms with Gasteiger partial charge < -0.3 is 5.11 Å². The predicted molar refractivity (Wildman–Crippen MR) is 74.6 cm³/mol. The summed E-state index contributed by atoms with van der Waals surface area (Å²) in [4.78, 5) is 20.7. The zero-order chi connectivity index (χ0) is 16.4. The SMILES string of the molecule is Cc1cc([N+](=O)[O-])c(C)c(S(=O)(=O)N(C)CCC(=O)O)c1. The van der Waals surface area contributed by atoms with Gasteiger partial charge >= 0.3 is 5.97 Å². The Bertz CT molecular complexity index is 683. The number of carboxylic acid groups (broad SMARTS) is 1. The largest absolute Gasteiger partial charge is 0.481 e. The van der Waals surface area contributed by atoms with E-state index in [0.717, 1.165) is 4.31 Å². The first-order chi connectivity index (χ1) is 9.57. The summed E-state index contributed by atoms with van der Waals surface area (Å²) >= 11 is 0. The van der Waals surface area contributed by atoms with Gasteiger partial charge in [0.25, 0.3) is 5.69 Å². The maximum Gasteiger partial charge on any atom is 0.304 e. The van der Waals surface area contributed by atoms with E-state index in [9.17, 15) is 23.3 Å². The Hall–Kier alpha value is -2.00. The summed E-state index contributed by atoms with van der Waals surface area (Å²) in [5.41, 5.74) is 0.200. The Balaban J connectivity index is 3.31. The third kappa shape index (κ3) is 3.76. The molecule has 8 nitrogen and oxygen atoms in total. The van der Waals surface area contributed by atoms with Gasteiger partial charge in [-0.25, -0.2) is 12.7 Å². The highest BCUT2D eigenvalue weighted by Gasteiger charge is 2.27. The first-order valence-electron chi connectivity index (χ1n) is 6.01. The lowest BCUT2D eigenvalue weighted by Gasteiger charge is -2.18. The Morgan fingerprint density at radius 3 is 2.43 bits per heavy atom. The van der Waals surface area contributed by atoms with E-state index < -0.39 is 20.9 Å². The summed E-state index contributed by atoms with van der Waals surface area (Å²) in [6.07, 6.45) is -0.345. The molecule has 0 aliphatic rings. The number of aryl methyl sites for hydroxylation is 1. The number of nitro benzene ring substituents is 1. The molecule has 0 bridgehead atoms. The minimum absolute atomic E-state index is 0.0350. The van der Waals surface area contributed by atoms with Crippen molar-refractivity contribution in [1.29, 1.82) is 0 Å². The van der Waals surface area contributed by atoms with Gasteiger partial charge in [-0.3, -0.25) is 14.9 Å². The fourth-order valence-corrected chi connectivity index (χ4v) is 3.30. The number of aliphatic carboxylic acids is 1. The summed E-state index contributed by atoms with van der Waals surface area (Å²) in [5, 5.41) is 19.6. The van der Waals surface area contributed by atoms with Crippen LogP contribution < -0.4 is 0 Å². The topological polar surface area (TPSA) is 118 Å². The molecule has 0 saturated carbocycles. The van der Waals surface area contributed by atoms with Crippen LogP contribution >= 0.6 is 0 Å². The van der Waals surface area contributed by atoms with E-state index in [2.05, 4.69) is 0 Å². The number of sulfonamides is 1. The average Bonchev–Trinajstić information content (AvgIpc) is 2.37. The molecule has 9 heteroatoms. The highest BCUT2D eigenvalue weighted by atomic mass is 32.2. The van der Waals surface area contributed by atoms with Gasteiger partial charge in [0.2, 0.25) is 10.0 Å². The number of rotatable bonds is 6. The second-order valence-electron chi connectivity index (χ2n) is 4.63. The Labute approximate surface area is 122 Å². The maximum absolute atomic E-state index is 12.4. The van der Waals surface area contributed by atoms with Gasteiger partial charge in [0, 0.05) is 25.2 Å². The van der Waals surface area contributed by atoms with Crippen molar-refractivity contribution in [2.75, 3.05) is 13.6 Å². The van der Waals surface area contributed by atoms with Crippen LogP contribution in [0.4, 0.5) is 5.69 Å². The van der Waals surface area contributed by atoms with Gasteiger partial charge in [-0.1, -0.05) is 0 Å². The van der Waals surface area contributed by atoms with E-state index in [-0.39, 0.29) is 29.1 Å². The highest BCUT2D eigenvalue weighted by molar-refractivity contribution is 7.89. The third-order valence-electron chi connectivity index (χ3n) is 3.00. The van der Waals surface area contributed by atoms with Gasteiger partial charge in [0.15, 0.2) is 0 Å². The monoisotopic (exact) mass is 316 g/mol. The molecular formula is C12H16N2O6S. The van der Waals surface area contributed by atoms with Gasteiger partial charge in [0.05, 0.1) is 16.2 Å². The number of hydrogen-bond donors (Lipinski definition) is 1. The van der Waals surface area contributed by atoms with E-state index in [4.69, 9.17) is 5.11 Å². The lowest BCUT2D eigenvalue weighted by atomic mass is 10.1. The molecule has 0 spiro atoms. The maximum atomic E-state index is 12.4. The van der Waals surface area contributed by atoms with Crippen molar-refractivity contribution in [2.24, 2.45) is 0 Å². The van der Waals surface area contributed by atoms with Crippen LogP contribution in [0.1, 0.15) is 17.5 Å². The molecule has 1 rings (SSSR count). The third-order valence-corrected chi connectivity index (χ3v) is 4.99. The first kappa shape index (κ1) is 17.1. The summed E-state index contributed by atoms with van der Waals surface area (Å²) in [6, 6.07) is 2.64. The minimum Gasteiger partial charge on any atom is -0.481 e. The molecule has 0 aliphatic carbocycles. The summed E-state index contributed by atoms with van der Waals surface area (Å²) in [5.74, 6) is -1.12. The van der Waals surface area contributed by atoms with Gasteiger partial charge in [0.1, 0.15) is 0 Å². The van der Waals surface area contributed by atoms with Crippen LogP contribution in [0.15, 0.2) is 17.0 Å². The van der Waals surface area contributed by atoms with Crippen molar-refractivity contribution < 1.29 is 23.2 Å². The molecule has 0 aliphatic heterocycles. The molecule has 1 aromatic rings. The van der Waals surface area contributed by atoms with Gasteiger partial charge in [-0.2, -0.15) is 0 Å². The number of nitrogens with zero attached hydrogens (tertiary/aromatic N) is 2. The predicted octanol–water partition coefficient (Wildman–Crippen LogP) is 1.31. The molecule has 116 valence electrons. The summed E-state index contributed by atoms with van der Waals surface area (Å²) in [6.45, 7) is 2.71. The standard InChI is InChI=1S/C12H16N2O6S/c1-8-6-10(14(17)18)9(2)11(7-8)21(19,20)13(3)5-4-12(15)16/h6-7H,4-5H2,1-3H3,(H,15,16). The van der Waals surface area contributed by atoms with Crippen LogP contribution in [0.5, 0.6) is 0 Å². The van der Waals surface area contributed by atoms with E-state index in [1.165, 1.54) is 26.1 Å². The van der Waals surface area contributed by atoms with E-state index >= 15 is 0 Å². The van der Waals surface area contributed by atoms with Crippen LogP contribution in [0, 0.1) is 24.0 Å². The van der Waals surface area contributed by atoms with Crippen molar-refractivity contribution in [3.8, 4) is 0 Å². The van der Waals surface area contributed by atoms with Gasteiger partial charge in [-0.15, -0.1) is 0 Å². The molecule has 0 atom stereocenters. The summed E-state index contributed by atoms with van der Waals surface area (Å²) in [7, 11) is -2.74. The molecule has 0 amide bonds. The van der Waals surface area contributed by atoms with Crippen LogP contribution in [-0.4, -0.2) is 42.3 Å². The zero-order valence-electron chi connectivity index (χ0n) is 11.9. The molecular weight excluding hydrogens is 300 g/mol. The smallest absolute Gasteiger partial charge is 0.304 e. The van der Waals surface area contributed by atoms with Gasteiger partial charge in [-0.05, 0) is 25.5 Å². The van der Waals surface area contributed by atoms with E-state index in [1.54, 1.807) is 6.92 Å². The number of carboxylic acids is 1. The average molecular weight is 316 g/mol. The number of carbonyl (C=O) groups is 1. The Kier molecular flexibility index (Phi) is 5.02. The number of benzene rings is 1. The van der Waals surface area contributed by atoms with Crippen molar-refractivity contribution in [3.63, 3.8) is 0 Å². The van der Waals surface area contributed by atoms with Crippen molar-refractivity contribution in [3.05, 3.63) is 33.4 Å². The quantitative estimate of drug-likeness (QED) is 0.624. The fourth-order valence-electron chi connectivity index (χ4n) is 1.81. The minimum atomic E-state index is -3.98. The normalized spacial score (nSPS) is 11.6. The first-order valence-corrected chi connectivity index (χ1v) is 7.45. The van der Waals surface area contributed by atoms with Crippen LogP contribution in [0.25, 0.3) is 0 Å². The molecule has 0 saturated heterocycles. The summed E-state index contributed by atoms with van der Waals surface area (Å²) < 4.78 is 25.7. The molecule has 0 heterocycles. The Morgan fingerprint density at radius 1 is 1.38 bits per heavy atom. The van der Waals surface area contributed by atoms with Crippen LogP contribution in [0.3, 0.4) is 0 Å². The fraction of sp³-hybridized carbons (Fsp3) is 0.417. The molecule has 1 N–H and O–H groups in total. The molecule has 21 heavy (non-hydrogen) atoms. The molecule has 0 unspecified atom stereocenters.